The zero-order valence-corrected chi connectivity index (χ0v) is 9.00. The number of rotatable bonds is 2. The van der Waals surface area contributed by atoms with Crippen LogP contribution in [0.15, 0.2) is 0 Å². The molecule has 0 aliphatic heterocycles. The molecular weight excluding hydrogens is 186 g/mol. The van der Waals surface area contributed by atoms with Crippen LogP contribution in [0.5, 0.6) is 0 Å². The topological polar surface area (TPSA) is 55.8 Å². The molecule has 0 aromatic rings. The first-order valence-corrected chi connectivity index (χ1v) is 4.70. The Morgan fingerprint density at radius 1 is 1.38 bits per heavy atom. The van der Waals surface area contributed by atoms with Crippen molar-refractivity contribution in [2.45, 2.75) is 0 Å². The molecule has 4 nitrogen and oxygen atoms in total. The van der Waals surface area contributed by atoms with Gasteiger partial charge in [0.2, 0.25) is 0 Å². The van der Waals surface area contributed by atoms with Crippen LogP contribution in [-0.4, -0.2) is 62.4 Å². The average Bonchev–Trinajstić information content (AvgIpc) is 1.68. The standard InChI is InChI=1S/C2H7AsO4.Na/c1-6-3(4,5)7-2;/h1-2H3,(H,4,5);. The summed E-state index contributed by atoms with van der Waals surface area (Å²) in [5.74, 6) is 0. The molecule has 6 heteroatoms. The second kappa shape index (κ2) is 5.06. The maximum Gasteiger partial charge on any atom is 0 e. The molecule has 0 saturated carbocycles. The molecule has 1 radical (unpaired) electrons. The average molecular weight is 193 g/mol. The van der Waals surface area contributed by atoms with Crippen LogP contribution in [0.1, 0.15) is 0 Å². The molecule has 0 amide bonds. The van der Waals surface area contributed by atoms with E-state index in [1.807, 2.05) is 0 Å². The first-order chi connectivity index (χ1) is 3.12. The van der Waals surface area contributed by atoms with Crippen molar-refractivity contribution in [3.8, 4) is 0 Å². The smallest absolute Gasteiger partial charge is 0 e. The zero-order chi connectivity index (χ0) is 5.91. The van der Waals surface area contributed by atoms with Gasteiger partial charge < -0.3 is 0 Å². The molecule has 0 rings (SSSR count). The Hall–Kier alpha value is 1.24. The zero-order valence-electron chi connectivity index (χ0n) is 5.12. The van der Waals surface area contributed by atoms with Crippen LogP contribution >= 0.6 is 0 Å². The third kappa shape index (κ3) is 5.38. The third-order valence-corrected chi connectivity index (χ3v) is 2.40. The minimum Gasteiger partial charge on any atom is 0 e. The van der Waals surface area contributed by atoms with E-state index in [9.17, 15) is 3.74 Å². The van der Waals surface area contributed by atoms with Gasteiger partial charge in [0.15, 0.2) is 0 Å². The van der Waals surface area contributed by atoms with Crippen LogP contribution in [0.4, 0.5) is 0 Å². The molecule has 0 spiro atoms. The normalized spacial score (nSPS) is 10.4. The van der Waals surface area contributed by atoms with Crippen molar-refractivity contribution in [3.63, 3.8) is 0 Å². The fourth-order valence-corrected chi connectivity index (χ4v) is 0.387. The molecule has 0 aliphatic carbocycles. The molecule has 0 saturated heterocycles. The summed E-state index contributed by atoms with van der Waals surface area (Å²) in [7, 11) is 2.26. The molecule has 1 N–H and O–H groups in total. The van der Waals surface area contributed by atoms with Crippen molar-refractivity contribution in [2.24, 2.45) is 0 Å². The Labute approximate surface area is 73.2 Å². The molecule has 0 fully saturated rings. The van der Waals surface area contributed by atoms with Crippen LogP contribution < -0.4 is 0 Å². The summed E-state index contributed by atoms with van der Waals surface area (Å²) in [5, 5.41) is 0. The van der Waals surface area contributed by atoms with E-state index in [4.69, 9.17) is 4.10 Å². The first-order valence-electron chi connectivity index (χ1n) is 1.56. The van der Waals surface area contributed by atoms with E-state index in [-0.39, 0.29) is 29.6 Å². The van der Waals surface area contributed by atoms with Gasteiger partial charge in [0, 0.05) is 29.6 Å². The summed E-state index contributed by atoms with van der Waals surface area (Å²) in [4.78, 5) is 0. The molecule has 0 heterocycles. The monoisotopic (exact) mass is 193 g/mol. The summed E-state index contributed by atoms with van der Waals surface area (Å²) in [6.45, 7) is 0. The van der Waals surface area contributed by atoms with Crippen molar-refractivity contribution in [2.75, 3.05) is 14.2 Å². The van der Waals surface area contributed by atoms with Gasteiger partial charge in [0.1, 0.15) is 0 Å². The molecule has 0 atom stereocenters. The van der Waals surface area contributed by atoms with Gasteiger partial charge in [-0.25, -0.2) is 0 Å². The quantitative estimate of drug-likeness (QED) is 0.557. The summed E-state index contributed by atoms with van der Waals surface area (Å²) in [6.07, 6.45) is 0. The van der Waals surface area contributed by atoms with Crippen LogP contribution in [0.3, 0.4) is 0 Å². The van der Waals surface area contributed by atoms with Crippen LogP contribution in [0, 0.1) is 0 Å². The predicted molar refractivity (Wildman–Crippen MR) is 28.4 cm³/mol. The van der Waals surface area contributed by atoms with Gasteiger partial charge in [0.25, 0.3) is 0 Å². The van der Waals surface area contributed by atoms with E-state index >= 15 is 0 Å². The van der Waals surface area contributed by atoms with Crippen LogP contribution in [0.25, 0.3) is 0 Å². The Morgan fingerprint density at radius 3 is 1.62 bits per heavy atom. The van der Waals surface area contributed by atoms with E-state index in [1.165, 1.54) is 0 Å². The molecule has 0 aliphatic rings. The van der Waals surface area contributed by atoms with E-state index < -0.39 is 14.5 Å². The van der Waals surface area contributed by atoms with E-state index in [1.54, 1.807) is 0 Å². The van der Waals surface area contributed by atoms with E-state index in [0.29, 0.717) is 0 Å². The Kier molecular flexibility index (Phi) is 7.57. The second-order valence-corrected chi connectivity index (χ2v) is 4.33. The predicted octanol–water partition coefficient (Wildman–Crippen LogP) is -1.24. The van der Waals surface area contributed by atoms with Gasteiger partial charge in [-0.05, 0) is 0 Å². The molecule has 0 aromatic heterocycles. The van der Waals surface area contributed by atoms with Gasteiger partial charge >= 0.3 is 44.0 Å². The van der Waals surface area contributed by atoms with Crippen molar-refractivity contribution < 1.29 is 15.3 Å². The minimum absolute atomic E-state index is 0. The van der Waals surface area contributed by atoms with Crippen molar-refractivity contribution >= 4 is 44.1 Å². The van der Waals surface area contributed by atoms with Crippen molar-refractivity contribution in [3.05, 3.63) is 0 Å². The Bertz CT molecular complexity index is 86.0. The maximum atomic E-state index is 10.1. The molecule has 0 bridgehead atoms. The minimum atomic E-state index is -4.19. The van der Waals surface area contributed by atoms with Crippen LogP contribution in [-0.2, 0) is 11.2 Å². The largest absolute Gasteiger partial charge is 0 e. The van der Waals surface area contributed by atoms with E-state index in [0.717, 1.165) is 14.2 Å². The van der Waals surface area contributed by atoms with Gasteiger partial charge in [-0.2, -0.15) is 0 Å². The fourth-order valence-electron chi connectivity index (χ4n) is 0.0745. The van der Waals surface area contributed by atoms with Crippen molar-refractivity contribution in [1.82, 2.24) is 0 Å². The summed E-state index contributed by atoms with van der Waals surface area (Å²) < 4.78 is 26.5. The number of hydrogen-bond donors (Lipinski definition) is 1. The first kappa shape index (κ1) is 12.0. The Morgan fingerprint density at radius 2 is 1.62 bits per heavy atom. The summed E-state index contributed by atoms with van der Waals surface area (Å²) in [6, 6.07) is 0. The molecule has 8 heavy (non-hydrogen) atoms. The van der Waals surface area contributed by atoms with Crippen LogP contribution in [0.2, 0.25) is 0 Å². The van der Waals surface area contributed by atoms with Gasteiger partial charge in [-0.15, -0.1) is 0 Å². The second-order valence-electron chi connectivity index (χ2n) is 0.834. The molecule has 0 unspecified atom stereocenters. The fraction of sp³-hybridized carbons (Fsp3) is 1.00. The van der Waals surface area contributed by atoms with Gasteiger partial charge in [-0.3, -0.25) is 0 Å². The Balaban J connectivity index is 0. The molecule has 0 aromatic carbocycles. The van der Waals surface area contributed by atoms with Crippen molar-refractivity contribution in [1.29, 1.82) is 0 Å². The van der Waals surface area contributed by atoms with Gasteiger partial charge in [0.05, 0.1) is 0 Å². The SMILES string of the molecule is CO[As](=O)(O)OC.[Na]. The summed E-state index contributed by atoms with van der Waals surface area (Å²) >= 11 is -4.19. The molecule has 45 valence electrons. The third-order valence-electron chi connectivity index (χ3n) is 0.461. The van der Waals surface area contributed by atoms with Gasteiger partial charge in [-0.1, -0.05) is 0 Å². The van der Waals surface area contributed by atoms with E-state index in [2.05, 4.69) is 7.45 Å². The summed E-state index contributed by atoms with van der Waals surface area (Å²) in [5.41, 5.74) is 0. The maximum absolute atomic E-state index is 10.1. The number of hydrogen-bond acceptors (Lipinski definition) is 3. The molecular formula is C2H7AsNaO4.